The molecule has 0 radical (unpaired) electrons. The molecule has 0 saturated heterocycles. The van der Waals surface area contributed by atoms with Crippen LogP contribution >= 0.6 is 50.1 Å². The van der Waals surface area contributed by atoms with E-state index >= 15 is 0 Å². The quantitative estimate of drug-likeness (QED) is 0.424. The lowest BCUT2D eigenvalue weighted by Gasteiger charge is -2.01. The standard InChI is InChI=1S/C7H2BrClFIO/c8-4-2-1-3(7(9)12)6(11)5(4)10/h1-2H. The first kappa shape index (κ1) is 10.4. The van der Waals surface area contributed by atoms with Crippen LogP contribution in [0, 0.1) is 9.39 Å². The molecule has 0 aliphatic carbocycles. The van der Waals surface area contributed by atoms with Crippen molar-refractivity contribution < 1.29 is 9.18 Å². The minimum absolute atomic E-state index is 0.193. The van der Waals surface area contributed by atoms with Gasteiger partial charge in [0.1, 0.15) is 0 Å². The first-order valence-corrected chi connectivity index (χ1v) is 5.12. The summed E-state index contributed by atoms with van der Waals surface area (Å²) < 4.78 is 13.7. The van der Waals surface area contributed by atoms with Gasteiger partial charge in [-0.3, -0.25) is 4.79 Å². The smallest absolute Gasteiger partial charge is 0.253 e. The van der Waals surface area contributed by atoms with Crippen molar-refractivity contribution in [2.45, 2.75) is 0 Å². The van der Waals surface area contributed by atoms with Crippen molar-refractivity contribution in [1.82, 2.24) is 0 Å². The zero-order chi connectivity index (χ0) is 9.30. The molecule has 12 heavy (non-hydrogen) atoms. The highest BCUT2D eigenvalue weighted by atomic mass is 127. The van der Waals surface area contributed by atoms with E-state index in [1.54, 1.807) is 22.6 Å². The lowest BCUT2D eigenvalue weighted by atomic mass is 10.2. The average Bonchev–Trinajstić information content (AvgIpc) is 2.00. The summed E-state index contributed by atoms with van der Waals surface area (Å²) in [5.74, 6) is -0.456. The molecule has 0 atom stereocenters. The SMILES string of the molecule is O=C(Cl)c1ccc(Br)c(F)c1I. The van der Waals surface area contributed by atoms with E-state index < -0.39 is 11.1 Å². The molecule has 0 aliphatic heterocycles. The molecule has 0 N–H and O–H groups in total. The Morgan fingerprint density at radius 1 is 1.58 bits per heavy atom. The summed E-state index contributed by atoms with van der Waals surface area (Å²) in [6.45, 7) is 0. The van der Waals surface area contributed by atoms with E-state index in [1.807, 2.05) is 0 Å². The molecule has 1 nitrogen and oxygen atoms in total. The number of rotatable bonds is 1. The van der Waals surface area contributed by atoms with E-state index in [-0.39, 0.29) is 9.13 Å². The van der Waals surface area contributed by atoms with Gasteiger partial charge in [0, 0.05) is 0 Å². The molecule has 0 bridgehead atoms. The second kappa shape index (κ2) is 4.02. The Morgan fingerprint density at radius 2 is 2.17 bits per heavy atom. The fourth-order valence-electron chi connectivity index (χ4n) is 0.678. The van der Waals surface area contributed by atoms with Crippen LogP contribution in [0.1, 0.15) is 10.4 Å². The molecule has 0 amide bonds. The van der Waals surface area contributed by atoms with Crippen LogP contribution in [-0.4, -0.2) is 5.24 Å². The first-order chi connectivity index (χ1) is 5.54. The van der Waals surface area contributed by atoms with Gasteiger partial charge in [-0.25, -0.2) is 4.39 Å². The largest absolute Gasteiger partial charge is 0.276 e. The van der Waals surface area contributed by atoms with E-state index in [2.05, 4.69) is 15.9 Å². The number of carbonyl (C=O) groups is 1. The number of hydrogen-bond acceptors (Lipinski definition) is 1. The van der Waals surface area contributed by atoms with Crippen LogP contribution in [0.3, 0.4) is 0 Å². The van der Waals surface area contributed by atoms with Gasteiger partial charge in [0.25, 0.3) is 5.24 Å². The van der Waals surface area contributed by atoms with Gasteiger partial charge in [0.2, 0.25) is 0 Å². The molecule has 0 aromatic heterocycles. The average molecular weight is 363 g/mol. The Bertz CT molecular complexity index is 342. The van der Waals surface area contributed by atoms with Gasteiger partial charge in [0.15, 0.2) is 5.82 Å². The molecular weight excluding hydrogens is 361 g/mol. The minimum Gasteiger partial charge on any atom is -0.276 e. The third-order valence-corrected chi connectivity index (χ3v) is 3.12. The number of halogens is 4. The maximum Gasteiger partial charge on any atom is 0.253 e. The van der Waals surface area contributed by atoms with E-state index in [4.69, 9.17) is 11.6 Å². The Morgan fingerprint density at radius 3 is 2.67 bits per heavy atom. The topological polar surface area (TPSA) is 17.1 Å². The summed E-state index contributed by atoms with van der Waals surface area (Å²) in [6, 6.07) is 2.93. The van der Waals surface area contributed by atoms with Crippen molar-refractivity contribution in [2.75, 3.05) is 0 Å². The second-order valence-corrected chi connectivity index (χ2v) is 4.27. The second-order valence-electron chi connectivity index (χ2n) is 2.00. The van der Waals surface area contributed by atoms with Gasteiger partial charge in [0.05, 0.1) is 13.6 Å². The number of carbonyl (C=O) groups excluding carboxylic acids is 1. The van der Waals surface area contributed by atoms with Gasteiger partial charge >= 0.3 is 0 Å². The molecule has 5 heteroatoms. The Labute approximate surface area is 95.6 Å². The molecule has 1 aromatic rings. The highest BCUT2D eigenvalue weighted by Crippen LogP contribution is 2.24. The normalized spacial score (nSPS) is 10.0. The van der Waals surface area contributed by atoms with Gasteiger partial charge in [-0.2, -0.15) is 0 Å². The van der Waals surface area contributed by atoms with Crippen LogP contribution in [0.2, 0.25) is 0 Å². The van der Waals surface area contributed by atoms with Crippen LogP contribution in [0.4, 0.5) is 4.39 Å². The fraction of sp³-hybridized carbons (Fsp3) is 0. The number of hydrogen-bond donors (Lipinski definition) is 0. The Hall–Kier alpha value is 0.320. The molecule has 1 rings (SSSR count). The summed E-state index contributed by atoms with van der Waals surface area (Å²) >= 11 is 9.94. The van der Waals surface area contributed by atoms with Crippen molar-refractivity contribution in [1.29, 1.82) is 0 Å². The van der Waals surface area contributed by atoms with Crippen molar-refractivity contribution in [2.24, 2.45) is 0 Å². The van der Waals surface area contributed by atoms with Crippen LogP contribution < -0.4 is 0 Å². The fourth-order valence-corrected chi connectivity index (χ4v) is 2.41. The maximum absolute atomic E-state index is 13.1. The summed E-state index contributed by atoms with van der Waals surface area (Å²) in [6.07, 6.45) is 0. The van der Waals surface area contributed by atoms with Crippen molar-refractivity contribution in [3.8, 4) is 0 Å². The third kappa shape index (κ3) is 1.97. The Kier molecular flexibility index (Phi) is 3.48. The first-order valence-electron chi connectivity index (χ1n) is 2.87. The molecule has 0 unspecified atom stereocenters. The van der Waals surface area contributed by atoms with Crippen molar-refractivity contribution >= 4 is 55.4 Å². The van der Waals surface area contributed by atoms with E-state index in [9.17, 15) is 9.18 Å². The number of benzene rings is 1. The predicted octanol–water partition coefficient (Wildman–Crippen LogP) is 3.57. The monoisotopic (exact) mass is 362 g/mol. The van der Waals surface area contributed by atoms with Crippen molar-refractivity contribution in [3.63, 3.8) is 0 Å². The molecule has 0 fully saturated rings. The lowest BCUT2D eigenvalue weighted by Crippen LogP contribution is -1.96. The molecule has 1 aromatic carbocycles. The molecule has 64 valence electrons. The summed E-state index contributed by atoms with van der Waals surface area (Å²) in [7, 11) is 0. The molecule has 0 aliphatic rings. The summed E-state index contributed by atoms with van der Waals surface area (Å²) in [5, 5.41) is -0.647. The summed E-state index contributed by atoms with van der Waals surface area (Å²) in [5.41, 5.74) is 0.193. The van der Waals surface area contributed by atoms with Gasteiger partial charge < -0.3 is 0 Å². The van der Waals surface area contributed by atoms with Crippen molar-refractivity contribution in [3.05, 3.63) is 31.6 Å². The van der Waals surface area contributed by atoms with Gasteiger partial charge in [-0.15, -0.1) is 0 Å². The zero-order valence-corrected chi connectivity index (χ0v) is 10.1. The maximum atomic E-state index is 13.1. The summed E-state index contributed by atoms with van der Waals surface area (Å²) in [4.78, 5) is 10.7. The van der Waals surface area contributed by atoms with E-state index in [0.29, 0.717) is 4.47 Å². The molecule has 0 spiro atoms. The van der Waals surface area contributed by atoms with Gasteiger partial charge in [-0.1, -0.05) is 0 Å². The predicted molar refractivity (Wildman–Crippen MR) is 57.0 cm³/mol. The lowest BCUT2D eigenvalue weighted by molar-refractivity contribution is 0.108. The zero-order valence-electron chi connectivity index (χ0n) is 5.57. The molecular formula is C7H2BrClFIO. The Balaban J connectivity index is 3.36. The van der Waals surface area contributed by atoms with Crippen LogP contribution in [0.25, 0.3) is 0 Å². The van der Waals surface area contributed by atoms with Gasteiger partial charge in [-0.05, 0) is 62.3 Å². The van der Waals surface area contributed by atoms with E-state index in [0.717, 1.165) is 0 Å². The van der Waals surface area contributed by atoms with Crippen LogP contribution in [-0.2, 0) is 0 Å². The van der Waals surface area contributed by atoms with Crippen LogP contribution in [0.5, 0.6) is 0 Å². The third-order valence-electron chi connectivity index (χ3n) is 1.25. The minimum atomic E-state index is -0.647. The molecule has 0 heterocycles. The van der Waals surface area contributed by atoms with E-state index in [1.165, 1.54) is 12.1 Å². The highest BCUT2D eigenvalue weighted by molar-refractivity contribution is 14.1. The highest BCUT2D eigenvalue weighted by Gasteiger charge is 2.13. The molecule has 0 saturated carbocycles. The van der Waals surface area contributed by atoms with Crippen LogP contribution in [0.15, 0.2) is 16.6 Å².